The van der Waals surface area contributed by atoms with Crippen LogP contribution >= 0.6 is 0 Å². The van der Waals surface area contributed by atoms with E-state index in [9.17, 15) is 9.90 Å². The van der Waals surface area contributed by atoms with E-state index >= 15 is 0 Å². The smallest absolute Gasteiger partial charge is 0.256 e. The number of aliphatic hydroxyl groups excluding tert-OH is 1. The average molecular weight is 275 g/mol. The molecule has 2 heterocycles. The Morgan fingerprint density at radius 3 is 3.00 bits per heavy atom. The van der Waals surface area contributed by atoms with Crippen molar-refractivity contribution in [2.75, 3.05) is 36.9 Å². The lowest BCUT2D eigenvalue weighted by Crippen LogP contribution is -2.46. The van der Waals surface area contributed by atoms with Crippen molar-refractivity contribution in [3.8, 4) is 0 Å². The summed E-state index contributed by atoms with van der Waals surface area (Å²) in [4.78, 5) is 14.6. The number of aliphatic hydroxyl groups is 1. The van der Waals surface area contributed by atoms with Crippen molar-refractivity contribution >= 4 is 17.3 Å². The zero-order valence-corrected chi connectivity index (χ0v) is 11.6. The molecule has 1 amide bonds. The first kappa shape index (κ1) is 13.2. The highest BCUT2D eigenvalue weighted by Gasteiger charge is 2.29. The first-order valence-corrected chi connectivity index (χ1v) is 7.34. The lowest BCUT2D eigenvalue weighted by atomic mass is 10.00. The minimum Gasteiger partial charge on any atom is -0.394 e. The molecule has 5 heteroatoms. The molecule has 0 aliphatic carbocycles. The molecule has 0 bridgehead atoms. The molecule has 0 spiro atoms. The minimum atomic E-state index is -0.0383. The zero-order valence-electron chi connectivity index (χ0n) is 11.6. The second-order valence-electron chi connectivity index (χ2n) is 5.41. The van der Waals surface area contributed by atoms with Gasteiger partial charge in [-0.05, 0) is 31.4 Å². The molecular weight excluding hydrogens is 254 g/mol. The van der Waals surface area contributed by atoms with E-state index in [2.05, 4.69) is 10.6 Å². The molecule has 2 aliphatic rings. The summed E-state index contributed by atoms with van der Waals surface area (Å²) in [5.74, 6) is 0.0248. The fourth-order valence-corrected chi connectivity index (χ4v) is 3.07. The number of fused-ring (bicyclic) bond motifs is 1. The SMILES string of the molecule is O=C(c1cccc2c1NCCN2)N1CCCCC1CO. The molecule has 0 saturated carbocycles. The van der Waals surface area contributed by atoms with Gasteiger partial charge >= 0.3 is 0 Å². The van der Waals surface area contributed by atoms with Crippen LogP contribution in [0.15, 0.2) is 18.2 Å². The standard InChI is InChI=1S/C15H21N3O2/c19-10-11-4-1-2-9-18(11)15(20)12-5-3-6-13-14(12)17-8-7-16-13/h3,5-6,11,16-17,19H,1-2,4,7-10H2. The third kappa shape index (κ3) is 2.33. The number of hydrogen-bond acceptors (Lipinski definition) is 4. The van der Waals surface area contributed by atoms with Gasteiger partial charge in [-0.1, -0.05) is 6.07 Å². The normalized spacial score (nSPS) is 21.6. The molecule has 3 N–H and O–H groups in total. The highest BCUT2D eigenvalue weighted by molar-refractivity contribution is 6.03. The number of carbonyl (C=O) groups excluding carboxylic acids is 1. The van der Waals surface area contributed by atoms with Gasteiger partial charge in [-0.2, -0.15) is 0 Å². The number of likely N-dealkylation sites (tertiary alicyclic amines) is 1. The van der Waals surface area contributed by atoms with E-state index < -0.39 is 0 Å². The maximum atomic E-state index is 12.8. The monoisotopic (exact) mass is 275 g/mol. The zero-order chi connectivity index (χ0) is 13.9. The van der Waals surface area contributed by atoms with Gasteiger partial charge < -0.3 is 20.6 Å². The van der Waals surface area contributed by atoms with Crippen LogP contribution in [0, 0.1) is 0 Å². The van der Waals surface area contributed by atoms with Crippen molar-refractivity contribution in [3.05, 3.63) is 23.8 Å². The Balaban J connectivity index is 1.90. The van der Waals surface area contributed by atoms with E-state index in [1.807, 2.05) is 23.1 Å². The fourth-order valence-electron chi connectivity index (χ4n) is 3.07. The van der Waals surface area contributed by atoms with Crippen LogP contribution in [0.3, 0.4) is 0 Å². The number of nitrogens with zero attached hydrogens (tertiary/aromatic N) is 1. The van der Waals surface area contributed by atoms with E-state index in [-0.39, 0.29) is 18.6 Å². The van der Waals surface area contributed by atoms with E-state index in [1.165, 1.54) is 0 Å². The van der Waals surface area contributed by atoms with Gasteiger partial charge in [0.1, 0.15) is 0 Å². The van der Waals surface area contributed by atoms with Crippen LogP contribution in [0.4, 0.5) is 11.4 Å². The van der Waals surface area contributed by atoms with Crippen molar-refractivity contribution < 1.29 is 9.90 Å². The van der Waals surface area contributed by atoms with Crippen LogP contribution < -0.4 is 10.6 Å². The summed E-state index contributed by atoms with van der Waals surface area (Å²) in [7, 11) is 0. The van der Waals surface area contributed by atoms with Gasteiger partial charge in [-0.25, -0.2) is 0 Å². The van der Waals surface area contributed by atoms with Crippen molar-refractivity contribution in [1.82, 2.24) is 4.90 Å². The van der Waals surface area contributed by atoms with Crippen molar-refractivity contribution in [1.29, 1.82) is 0 Å². The molecule has 1 atom stereocenters. The lowest BCUT2D eigenvalue weighted by molar-refractivity contribution is 0.0504. The fraction of sp³-hybridized carbons (Fsp3) is 0.533. The number of rotatable bonds is 2. The number of hydrogen-bond donors (Lipinski definition) is 3. The van der Waals surface area contributed by atoms with Gasteiger partial charge in [0, 0.05) is 19.6 Å². The molecule has 1 aromatic carbocycles. The summed E-state index contributed by atoms with van der Waals surface area (Å²) < 4.78 is 0. The number of benzene rings is 1. The number of nitrogens with one attached hydrogen (secondary N) is 2. The van der Waals surface area contributed by atoms with Crippen molar-refractivity contribution in [2.24, 2.45) is 0 Å². The third-order valence-corrected chi connectivity index (χ3v) is 4.14. The maximum absolute atomic E-state index is 12.8. The molecule has 5 nitrogen and oxygen atoms in total. The second-order valence-corrected chi connectivity index (χ2v) is 5.41. The third-order valence-electron chi connectivity index (χ3n) is 4.14. The molecule has 1 fully saturated rings. The summed E-state index contributed by atoms with van der Waals surface area (Å²) in [6, 6.07) is 5.72. The van der Waals surface area contributed by atoms with E-state index in [4.69, 9.17) is 0 Å². The molecule has 1 unspecified atom stereocenters. The minimum absolute atomic E-state index is 0.0248. The molecular formula is C15H21N3O2. The topological polar surface area (TPSA) is 64.6 Å². The molecule has 108 valence electrons. The second kappa shape index (κ2) is 5.71. The number of anilines is 2. The number of carbonyl (C=O) groups is 1. The highest BCUT2D eigenvalue weighted by Crippen LogP contribution is 2.30. The van der Waals surface area contributed by atoms with Crippen LogP contribution in [0.1, 0.15) is 29.6 Å². The number of amides is 1. The Kier molecular flexibility index (Phi) is 3.78. The highest BCUT2D eigenvalue weighted by atomic mass is 16.3. The molecule has 0 radical (unpaired) electrons. The summed E-state index contributed by atoms with van der Waals surface area (Å²) >= 11 is 0. The van der Waals surface area contributed by atoms with E-state index in [0.717, 1.165) is 50.3 Å². The first-order valence-electron chi connectivity index (χ1n) is 7.34. The summed E-state index contributed by atoms with van der Waals surface area (Å²) in [6.45, 7) is 2.47. The van der Waals surface area contributed by atoms with Crippen LogP contribution in [-0.4, -0.2) is 48.2 Å². The van der Waals surface area contributed by atoms with Crippen LogP contribution in [-0.2, 0) is 0 Å². The van der Waals surface area contributed by atoms with Gasteiger partial charge in [0.05, 0.1) is 29.6 Å². The predicted molar refractivity (Wildman–Crippen MR) is 79.2 cm³/mol. The van der Waals surface area contributed by atoms with Gasteiger partial charge in [-0.15, -0.1) is 0 Å². The van der Waals surface area contributed by atoms with Gasteiger partial charge in [0.15, 0.2) is 0 Å². The summed E-state index contributed by atoms with van der Waals surface area (Å²) in [6.07, 6.45) is 2.99. The Bertz CT molecular complexity index is 504. The quantitative estimate of drug-likeness (QED) is 0.765. The Labute approximate surface area is 119 Å². The molecule has 1 aromatic rings. The Morgan fingerprint density at radius 1 is 1.30 bits per heavy atom. The molecule has 1 saturated heterocycles. The number of para-hydroxylation sites is 1. The maximum Gasteiger partial charge on any atom is 0.256 e. The molecule has 0 aromatic heterocycles. The summed E-state index contributed by atoms with van der Waals surface area (Å²) in [5.41, 5.74) is 2.58. The van der Waals surface area contributed by atoms with Crippen molar-refractivity contribution in [2.45, 2.75) is 25.3 Å². The Hall–Kier alpha value is -1.75. The lowest BCUT2D eigenvalue weighted by Gasteiger charge is -2.35. The van der Waals surface area contributed by atoms with Gasteiger partial charge in [0.25, 0.3) is 5.91 Å². The Morgan fingerprint density at radius 2 is 2.15 bits per heavy atom. The largest absolute Gasteiger partial charge is 0.394 e. The van der Waals surface area contributed by atoms with Crippen LogP contribution in [0.25, 0.3) is 0 Å². The average Bonchev–Trinajstić information content (AvgIpc) is 2.53. The molecule has 2 aliphatic heterocycles. The van der Waals surface area contributed by atoms with Gasteiger partial charge in [-0.3, -0.25) is 4.79 Å². The van der Waals surface area contributed by atoms with Crippen LogP contribution in [0.2, 0.25) is 0 Å². The first-order chi connectivity index (χ1) is 9.81. The predicted octanol–water partition coefficient (Wildman–Crippen LogP) is 1.51. The van der Waals surface area contributed by atoms with Gasteiger partial charge in [0.2, 0.25) is 0 Å². The summed E-state index contributed by atoms with van der Waals surface area (Å²) in [5, 5.41) is 16.1. The van der Waals surface area contributed by atoms with E-state index in [1.54, 1.807) is 0 Å². The van der Waals surface area contributed by atoms with Crippen LogP contribution in [0.5, 0.6) is 0 Å². The van der Waals surface area contributed by atoms with Crippen molar-refractivity contribution in [3.63, 3.8) is 0 Å². The molecule has 20 heavy (non-hydrogen) atoms. The molecule has 3 rings (SSSR count). The number of piperidine rings is 1. The van der Waals surface area contributed by atoms with E-state index in [0.29, 0.717) is 5.56 Å².